The van der Waals surface area contributed by atoms with Crippen LogP contribution >= 0.6 is 11.6 Å². The molecule has 1 N–H and O–H groups in total. The molecule has 0 unspecified atom stereocenters. The van der Waals surface area contributed by atoms with Crippen molar-refractivity contribution < 1.29 is 9.53 Å². The molecule has 0 radical (unpaired) electrons. The number of nitrogens with one attached hydrogen (secondary N) is 1. The van der Waals surface area contributed by atoms with Gasteiger partial charge in [-0.3, -0.25) is 14.7 Å². The largest absolute Gasteiger partial charge is 0.375 e. The number of hydrogen-bond acceptors (Lipinski definition) is 4. The Bertz CT molecular complexity index is 691. The van der Waals surface area contributed by atoms with Gasteiger partial charge in [0.2, 0.25) is 11.9 Å². The molecule has 0 aliphatic heterocycles. The van der Waals surface area contributed by atoms with Gasteiger partial charge in [0.1, 0.15) is 10.7 Å². The lowest BCUT2D eigenvalue weighted by Crippen LogP contribution is -2.23. The van der Waals surface area contributed by atoms with Crippen molar-refractivity contribution in [1.29, 1.82) is 0 Å². The number of pyridine rings is 1. The van der Waals surface area contributed by atoms with Crippen LogP contribution in [0.25, 0.3) is 11.2 Å². The van der Waals surface area contributed by atoms with Gasteiger partial charge in [-0.2, -0.15) is 0 Å². The molecule has 0 saturated heterocycles. The summed E-state index contributed by atoms with van der Waals surface area (Å²) in [5.74, 6) is 0.366. The third-order valence-corrected chi connectivity index (χ3v) is 3.33. The summed E-state index contributed by atoms with van der Waals surface area (Å²) >= 11 is 5.96. The summed E-state index contributed by atoms with van der Waals surface area (Å²) in [4.78, 5) is 20.9. The van der Waals surface area contributed by atoms with Crippen LogP contribution in [0.3, 0.4) is 0 Å². The summed E-state index contributed by atoms with van der Waals surface area (Å²) in [7, 11) is 0. The highest BCUT2D eigenvalue weighted by Crippen LogP contribution is 2.21. The highest BCUT2D eigenvalue weighted by atomic mass is 35.5. The van der Waals surface area contributed by atoms with Crippen LogP contribution < -0.4 is 5.32 Å². The lowest BCUT2D eigenvalue weighted by molar-refractivity contribution is -0.118. The monoisotopic (exact) mass is 338 g/mol. The summed E-state index contributed by atoms with van der Waals surface area (Å²) in [6.45, 7) is 9.01. The maximum absolute atomic E-state index is 12.1. The lowest BCUT2D eigenvalue weighted by atomic mass is 10.2. The van der Waals surface area contributed by atoms with Crippen molar-refractivity contribution in [2.75, 3.05) is 11.9 Å². The number of imidazole rings is 1. The fourth-order valence-corrected chi connectivity index (χ4v) is 2.29. The van der Waals surface area contributed by atoms with Crippen LogP contribution in [0.5, 0.6) is 0 Å². The first-order valence-electron chi connectivity index (χ1n) is 7.77. The number of halogens is 1. The van der Waals surface area contributed by atoms with E-state index in [0.29, 0.717) is 35.4 Å². The SMILES string of the molecule is CCCn1c(NC(=O)CCOC(C)(C)C)nc2ccc(Cl)nc21. The van der Waals surface area contributed by atoms with E-state index in [-0.39, 0.29) is 17.9 Å². The molecule has 7 heteroatoms. The zero-order valence-corrected chi connectivity index (χ0v) is 14.8. The predicted molar refractivity (Wildman–Crippen MR) is 91.8 cm³/mol. The molecule has 23 heavy (non-hydrogen) atoms. The van der Waals surface area contributed by atoms with Gasteiger partial charge < -0.3 is 4.74 Å². The first-order chi connectivity index (χ1) is 10.8. The van der Waals surface area contributed by atoms with Gasteiger partial charge in [-0.15, -0.1) is 0 Å². The van der Waals surface area contributed by atoms with Crippen LogP contribution in [0.1, 0.15) is 40.5 Å². The van der Waals surface area contributed by atoms with E-state index < -0.39 is 0 Å². The molecule has 0 aromatic carbocycles. The normalized spacial score (nSPS) is 11.9. The Balaban J connectivity index is 2.12. The molecule has 0 saturated carbocycles. The molecule has 0 bridgehead atoms. The van der Waals surface area contributed by atoms with Crippen LogP contribution in [0.2, 0.25) is 5.15 Å². The van der Waals surface area contributed by atoms with E-state index in [4.69, 9.17) is 16.3 Å². The van der Waals surface area contributed by atoms with Crippen LogP contribution in [0, 0.1) is 0 Å². The molecule has 2 rings (SSSR count). The van der Waals surface area contributed by atoms with Gasteiger partial charge in [-0.25, -0.2) is 9.97 Å². The molecule has 0 aliphatic carbocycles. The summed E-state index contributed by atoms with van der Waals surface area (Å²) in [6.07, 6.45) is 1.18. The molecule has 2 aromatic heterocycles. The number of nitrogens with zero attached hydrogens (tertiary/aromatic N) is 3. The number of anilines is 1. The molecular weight excluding hydrogens is 316 g/mol. The summed E-state index contributed by atoms with van der Waals surface area (Å²) in [6, 6.07) is 3.49. The predicted octanol–water partition coefficient (Wildman–Crippen LogP) is 3.64. The zero-order valence-electron chi connectivity index (χ0n) is 14.0. The molecule has 6 nitrogen and oxygen atoms in total. The van der Waals surface area contributed by atoms with Crippen LogP contribution in [0.15, 0.2) is 12.1 Å². The fraction of sp³-hybridized carbons (Fsp3) is 0.562. The van der Waals surface area contributed by atoms with E-state index in [1.807, 2.05) is 25.3 Å². The average molecular weight is 339 g/mol. The van der Waals surface area contributed by atoms with Gasteiger partial charge in [-0.05, 0) is 39.3 Å². The van der Waals surface area contributed by atoms with Crippen LogP contribution in [-0.4, -0.2) is 32.7 Å². The minimum Gasteiger partial charge on any atom is -0.375 e. The Morgan fingerprint density at radius 1 is 1.35 bits per heavy atom. The molecule has 126 valence electrons. The number of hydrogen-bond donors (Lipinski definition) is 1. The van der Waals surface area contributed by atoms with E-state index >= 15 is 0 Å². The Labute approximate surface area is 141 Å². The fourth-order valence-electron chi connectivity index (χ4n) is 2.15. The number of carbonyl (C=O) groups is 1. The van der Waals surface area contributed by atoms with Crippen molar-refractivity contribution in [1.82, 2.24) is 14.5 Å². The van der Waals surface area contributed by atoms with E-state index in [9.17, 15) is 4.79 Å². The zero-order chi connectivity index (χ0) is 17.0. The van der Waals surface area contributed by atoms with Gasteiger partial charge in [0.05, 0.1) is 18.6 Å². The number of amides is 1. The van der Waals surface area contributed by atoms with Crippen molar-refractivity contribution >= 4 is 34.6 Å². The van der Waals surface area contributed by atoms with Gasteiger partial charge in [0.25, 0.3) is 0 Å². The maximum atomic E-state index is 12.1. The quantitative estimate of drug-likeness (QED) is 0.816. The van der Waals surface area contributed by atoms with Crippen molar-refractivity contribution in [3.05, 3.63) is 17.3 Å². The molecule has 2 aromatic rings. The van der Waals surface area contributed by atoms with Gasteiger partial charge in [0, 0.05) is 6.54 Å². The van der Waals surface area contributed by atoms with E-state index in [1.165, 1.54) is 0 Å². The second-order valence-corrected chi connectivity index (χ2v) is 6.71. The molecule has 1 amide bonds. The van der Waals surface area contributed by atoms with Crippen LogP contribution in [-0.2, 0) is 16.1 Å². The number of aryl methyl sites for hydroxylation is 1. The minimum absolute atomic E-state index is 0.131. The Hall–Kier alpha value is -1.66. The number of ether oxygens (including phenoxy) is 1. The number of fused-ring (bicyclic) bond motifs is 1. The summed E-state index contributed by atoms with van der Waals surface area (Å²) in [5, 5.41) is 3.25. The van der Waals surface area contributed by atoms with Gasteiger partial charge in [-0.1, -0.05) is 18.5 Å². The maximum Gasteiger partial charge on any atom is 0.229 e. The molecule has 0 fully saturated rings. The third-order valence-electron chi connectivity index (χ3n) is 3.12. The highest BCUT2D eigenvalue weighted by Gasteiger charge is 2.15. The topological polar surface area (TPSA) is 69.0 Å². The third kappa shape index (κ3) is 4.91. The highest BCUT2D eigenvalue weighted by molar-refractivity contribution is 6.29. The van der Waals surface area contributed by atoms with Gasteiger partial charge in [0.15, 0.2) is 5.65 Å². The molecule has 0 atom stereocenters. The van der Waals surface area contributed by atoms with E-state index in [0.717, 1.165) is 6.42 Å². The average Bonchev–Trinajstić information content (AvgIpc) is 2.75. The van der Waals surface area contributed by atoms with Crippen LogP contribution in [0.4, 0.5) is 5.95 Å². The molecule has 2 heterocycles. The molecule has 0 aliphatic rings. The van der Waals surface area contributed by atoms with Gasteiger partial charge >= 0.3 is 0 Å². The summed E-state index contributed by atoms with van der Waals surface area (Å²) in [5.41, 5.74) is 1.14. The minimum atomic E-state index is -0.254. The first kappa shape index (κ1) is 17.7. The number of carbonyl (C=O) groups excluding carboxylic acids is 1. The Kier molecular flexibility index (Phi) is 5.59. The Morgan fingerprint density at radius 2 is 2.09 bits per heavy atom. The molecular formula is C16H23ClN4O2. The lowest BCUT2D eigenvalue weighted by Gasteiger charge is -2.19. The van der Waals surface area contributed by atoms with E-state index in [2.05, 4.69) is 22.2 Å². The molecule has 0 spiro atoms. The Morgan fingerprint density at radius 3 is 2.74 bits per heavy atom. The smallest absolute Gasteiger partial charge is 0.229 e. The number of aromatic nitrogens is 3. The van der Waals surface area contributed by atoms with Crippen molar-refractivity contribution in [2.24, 2.45) is 0 Å². The summed E-state index contributed by atoms with van der Waals surface area (Å²) < 4.78 is 7.45. The first-order valence-corrected chi connectivity index (χ1v) is 8.14. The van der Waals surface area contributed by atoms with Crippen molar-refractivity contribution in [3.63, 3.8) is 0 Å². The number of rotatable bonds is 6. The second kappa shape index (κ2) is 7.27. The van der Waals surface area contributed by atoms with Crippen molar-refractivity contribution in [2.45, 2.75) is 52.7 Å². The standard InChI is InChI=1S/C16H23ClN4O2/c1-5-9-21-14-11(6-7-12(17)19-14)18-15(21)20-13(22)8-10-23-16(2,3)4/h6-7H,5,8-10H2,1-4H3,(H,18,20,22). The second-order valence-electron chi connectivity index (χ2n) is 6.32. The van der Waals surface area contributed by atoms with E-state index in [1.54, 1.807) is 12.1 Å². The van der Waals surface area contributed by atoms with Crippen molar-refractivity contribution in [3.8, 4) is 0 Å².